The van der Waals surface area contributed by atoms with Crippen molar-refractivity contribution in [3.8, 4) is 17.1 Å². The molecule has 2 aromatic carbocycles. The molecular weight excluding hydrogens is 557 g/mol. The van der Waals surface area contributed by atoms with Crippen molar-refractivity contribution < 1.29 is 13.9 Å². The van der Waals surface area contributed by atoms with Crippen LogP contribution in [0.5, 0.6) is 6.01 Å². The number of nitrogens with one attached hydrogen (secondary N) is 1. The molecule has 2 aromatic heterocycles. The van der Waals surface area contributed by atoms with E-state index in [2.05, 4.69) is 45.4 Å². The molecule has 2 atom stereocenters. The maximum absolute atomic E-state index is 16.7. The number of likely N-dealkylation sites (N-methyl/N-ethyl adjacent to an activating group) is 1. The second kappa shape index (κ2) is 12.2. The van der Waals surface area contributed by atoms with Crippen molar-refractivity contribution in [1.29, 1.82) is 0 Å². The molecule has 1 saturated heterocycles. The minimum atomic E-state index is -0.548. The maximum Gasteiger partial charge on any atom is 0.319 e. The summed E-state index contributed by atoms with van der Waals surface area (Å²) in [6.45, 7) is 17.5. The number of hydrogen-bond donors (Lipinski definition) is 1. The molecule has 4 aromatic rings. The second-order valence-corrected chi connectivity index (χ2v) is 11.2. The lowest BCUT2D eigenvalue weighted by atomic mass is 9.95. The van der Waals surface area contributed by atoms with Gasteiger partial charge in [-0.05, 0) is 57.6 Å². The number of hydrogen-bond acceptors (Lipinski definition) is 7. The van der Waals surface area contributed by atoms with Crippen LogP contribution in [0, 0.1) is 12.7 Å². The Balaban J connectivity index is 1.65. The molecule has 5 rings (SSSR count). The van der Waals surface area contributed by atoms with Gasteiger partial charge in [-0.1, -0.05) is 38.1 Å². The van der Waals surface area contributed by atoms with Crippen molar-refractivity contribution in [2.75, 3.05) is 44.2 Å². The number of H-pyrrole nitrogens is 1. The third-order valence-corrected chi connectivity index (χ3v) is 8.40. The number of piperazine rings is 1. The largest absolute Gasteiger partial charge is 0.462 e. The number of carbonyl (C=O) groups is 1. The van der Waals surface area contributed by atoms with Crippen LogP contribution in [-0.4, -0.2) is 87.3 Å². The van der Waals surface area contributed by atoms with Crippen molar-refractivity contribution in [2.24, 2.45) is 0 Å². The molecule has 1 aliphatic rings. The van der Waals surface area contributed by atoms with E-state index < -0.39 is 5.82 Å². The number of nitrogens with zero attached hydrogens (tertiary/aromatic N) is 6. The minimum absolute atomic E-state index is 0.0972. The quantitative estimate of drug-likeness (QED) is 0.252. The highest BCUT2D eigenvalue weighted by Gasteiger charge is 2.34. The van der Waals surface area contributed by atoms with Crippen LogP contribution in [0.2, 0.25) is 5.02 Å². The van der Waals surface area contributed by atoms with Crippen LogP contribution in [0.3, 0.4) is 0 Å². The highest BCUT2D eigenvalue weighted by molar-refractivity contribution is 6.35. The predicted molar refractivity (Wildman–Crippen MR) is 166 cm³/mol. The third-order valence-electron chi connectivity index (χ3n) is 8.11. The Morgan fingerprint density at radius 1 is 1.19 bits per heavy atom. The Bertz CT molecular complexity index is 1630. The van der Waals surface area contributed by atoms with Crippen LogP contribution in [0.25, 0.3) is 32.9 Å². The van der Waals surface area contributed by atoms with Gasteiger partial charge in [-0.3, -0.25) is 9.89 Å². The van der Waals surface area contributed by atoms with Gasteiger partial charge < -0.3 is 19.4 Å². The SMILES string of the molecule is C=CC(=O)N1[C@H](C)CN(c2nc(OCCN(CC)CC)nc3c(F)c(-c4c(C)ccc5[nH]ncc45)c(Cl)cc23)C[C@@H]1C. The molecule has 1 fully saturated rings. The molecule has 1 amide bonds. The first-order chi connectivity index (χ1) is 20.2. The number of fused-ring (bicyclic) bond motifs is 2. The molecule has 0 unspecified atom stereocenters. The fraction of sp³-hybridized carbons (Fsp3) is 0.419. The normalized spacial score (nSPS) is 17.4. The first kappa shape index (κ1) is 29.7. The van der Waals surface area contributed by atoms with Crippen LogP contribution in [0.1, 0.15) is 33.3 Å². The van der Waals surface area contributed by atoms with Crippen molar-refractivity contribution in [3.63, 3.8) is 0 Å². The molecule has 3 heterocycles. The van der Waals surface area contributed by atoms with Gasteiger partial charge in [0.15, 0.2) is 5.82 Å². The number of benzene rings is 2. The highest BCUT2D eigenvalue weighted by atomic mass is 35.5. The van der Waals surface area contributed by atoms with Crippen LogP contribution in [0.15, 0.2) is 37.1 Å². The van der Waals surface area contributed by atoms with E-state index >= 15 is 4.39 Å². The number of anilines is 1. The lowest BCUT2D eigenvalue weighted by Gasteiger charge is -2.44. The molecule has 0 spiro atoms. The zero-order valence-corrected chi connectivity index (χ0v) is 25.5. The molecule has 11 heteroatoms. The van der Waals surface area contributed by atoms with Crippen LogP contribution in [-0.2, 0) is 4.79 Å². The minimum Gasteiger partial charge on any atom is -0.462 e. The zero-order chi connectivity index (χ0) is 30.1. The molecule has 0 saturated carbocycles. The average Bonchev–Trinajstić information content (AvgIpc) is 3.45. The van der Waals surface area contributed by atoms with Gasteiger partial charge in [-0.15, -0.1) is 0 Å². The topological polar surface area (TPSA) is 90.5 Å². The van der Waals surface area contributed by atoms with Gasteiger partial charge in [0.2, 0.25) is 5.91 Å². The van der Waals surface area contributed by atoms with E-state index in [9.17, 15) is 4.79 Å². The van der Waals surface area contributed by atoms with Gasteiger partial charge in [0.05, 0.1) is 16.7 Å². The van der Waals surface area contributed by atoms with E-state index in [1.165, 1.54) is 6.08 Å². The Labute approximate surface area is 250 Å². The molecule has 0 bridgehead atoms. The van der Waals surface area contributed by atoms with Gasteiger partial charge in [0, 0.05) is 53.6 Å². The van der Waals surface area contributed by atoms with E-state index in [0.717, 1.165) is 29.6 Å². The molecule has 0 aliphatic carbocycles. The third kappa shape index (κ3) is 5.41. The Kier molecular flexibility index (Phi) is 8.65. The summed E-state index contributed by atoms with van der Waals surface area (Å²) in [5.74, 6) is -0.147. The number of aryl methyl sites for hydroxylation is 1. The van der Waals surface area contributed by atoms with Gasteiger partial charge in [-0.2, -0.15) is 15.1 Å². The van der Waals surface area contributed by atoms with Crippen molar-refractivity contribution in [2.45, 2.75) is 46.7 Å². The second-order valence-electron chi connectivity index (χ2n) is 10.8. The number of rotatable bonds is 9. The van der Waals surface area contributed by atoms with Crippen LogP contribution >= 0.6 is 11.6 Å². The lowest BCUT2D eigenvalue weighted by Crippen LogP contribution is -2.58. The Hall–Kier alpha value is -3.76. The number of amides is 1. The number of halogens is 2. The van der Waals surface area contributed by atoms with Gasteiger partial charge in [-0.25, -0.2) is 4.39 Å². The zero-order valence-electron chi connectivity index (χ0n) is 24.7. The number of ether oxygens (including phenoxy) is 1. The molecule has 42 heavy (non-hydrogen) atoms. The maximum atomic E-state index is 16.7. The summed E-state index contributed by atoms with van der Waals surface area (Å²) in [7, 11) is 0. The number of carbonyl (C=O) groups excluding carboxylic acids is 1. The fourth-order valence-electron chi connectivity index (χ4n) is 5.99. The summed E-state index contributed by atoms with van der Waals surface area (Å²) < 4.78 is 22.8. The van der Waals surface area contributed by atoms with E-state index in [1.807, 2.05) is 37.8 Å². The Morgan fingerprint density at radius 2 is 1.90 bits per heavy atom. The summed E-state index contributed by atoms with van der Waals surface area (Å²) in [6, 6.07) is 5.40. The summed E-state index contributed by atoms with van der Waals surface area (Å²) in [6.07, 6.45) is 3.02. The van der Waals surface area contributed by atoms with Gasteiger partial charge >= 0.3 is 6.01 Å². The molecule has 1 aliphatic heterocycles. The highest BCUT2D eigenvalue weighted by Crippen LogP contribution is 2.42. The molecule has 0 radical (unpaired) electrons. The average molecular weight is 594 g/mol. The van der Waals surface area contributed by atoms with Gasteiger partial charge in [0.1, 0.15) is 17.9 Å². The van der Waals surface area contributed by atoms with Crippen molar-refractivity contribution >= 4 is 45.1 Å². The van der Waals surface area contributed by atoms with Crippen molar-refractivity contribution in [3.05, 3.63) is 53.5 Å². The first-order valence-corrected chi connectivity index (χ1v) is 14.7. The summed E-state index contributed by atoms with van der Waals surface area (Å²) in [4.78, 5) is 28.0. The summed E-state index contributed by atoms with van der Waals surface area (Å²) in [5, 5.41) is 8.61. The van der Waals surface area contributed by atoms with Gasteiger partial charge in [0.25, 0.3) is 0 Å². The van der Waals surface area contributed by atoms with Crippen LogP contribution in [0.4, 0.5) is 10.2 Å². The van der Waals surface area contributed by atoms with E-state index in [-0.39, 0.29) is 40.1 Å². The lowest BCUT2D eigenvalue weighted by molar-refractivity contribution is -0.130. The molecule has 222 valence electrons. The number of aromatic amines is 1. The van der Waals surface area contributed by atoms with Crippen LogP contribution < -0.4 is 9.64 Å². The monoisotopic (exact) mass is 593 g/mol. The standard InChI is InChI=1S/C31H37ClFN7O2/c1-7-25(41)40-19(5)16-39(17-20(40)6)30-21-14-23(32)27(26-18(4)10-11-24-22(26)15-34-37-24)28(33)29(21)35-31(36-30)42-13-12-38(8-2)9-3/h7,10-11,14-15,19-20H,1,8-9,12-13,16-17H2,2-6H3,(H,34,37)/t19-,20+. The molecule has 9 nitrogen and oxygen atoms in total. The smallest absolute Gasteiger partial charge is 0.319 e. The van der Waals surface area contributed by atoms with E-state index in [4.69, 9.17) is 21.3 Å². The first-order valence-electron chi connectivity index (χ1n) is 14.4. The van der Waals surface area contributed by atoms with Crippen molar-refractivity contribution in [1.82, 2.24) is 30.0 Å². The van der Waals surface area contributed by atoms with E-state index in [1.54, 1.807) is 12.3 Å². The summed E-state index contributed by atoms with van der Waals surface area (Å²) in [5.41, 5.74) is 2.69. The summed E-state index contributed by atoms with van der Waals surface area (Å²) >= 11 is 6.88. The number of aromatic nitrogens is 4. The Morgan fingerprint density at radius 3 is 2.57 bits per heavy atom. The van der Waals surface area contributed by atoms with E-state index in [0.29, 0.717) is 43.0 Å². The predicted octanol–water partition coefficient (Wildman–Crippen LogP) is 5.61. The molecular formula is C31H37ClFN7O2. The molecule has 1 N–H and O–H groups in total. The fourth-order valence-corrected chi connectivity index (χ4v) is 6.28.